The molecule has 0 fully saturated rings. The number of hydrogen-bond donors (Lipinski definition) is 1. The Labute approximate surface area is 107 Å². The van der Waals surface area contributed by atoms with Crippen molar-refractivity contribution < 1.29 is 4.39 Å². The molecule has 2 heteroatoms. The second kappa shape index (κ2) is 4.45. The molecular weight excluding hydrogens is 225 g/mol. The normalized spacial score (nSPS) is 11.6. The quantitative estimate of drug-likeness (QED) is 0.739. The number of halogens is 1. The Hall–Kier alpha value is -1.83. The van der Waals surface area contributed by atoms with Crippen LogP contribution in [-0.4, -0.2) is 0 Å². The van der Waals surface area contributed by atoms with E-state index in [-0.39, 0.29) is 16.9 Å². The Morgan fingerprint density at radius 1 is 0.889 bits per heavy atom. The van der Waals surface area contributed by atoms with E-state index in [1.807, 2.05) is 12.1 Å². The first-order valence-electron chi connectivity index (χ1n) is 6.04. The third kappa shape index (κ3) is 2.53. The number of nitrogens with two attached hydrogens (primary N) is 1. The summed E-state index contributed by atoms with van der Waals surface area (Å²) in [7, 11) is 0. The summed E-state index contributed by atoms with van der Waals surface area (Å²) in [6, 6.07) is 13.1. The first kappa shape index (κ1) is 12.6. The fraction of sp³-hybridized carbons (Fsp3) is 0.250. The highest BCUT2D eigenvalue weighted by molar-refractivity contribution is 5.67. The van der Waals surface area contributed by atoms with Crippen LogP contribution in [0, 0.1) is 5.82 Å². The van der Waals surface area contributed by atoms with Gasteiger partial charge in [0.2, 0.25) is 0 Å². The van der Waals surface area contributed by atoms with Crippen molar-refractivity contribution in [2.75, 3.05) is 5.73 Å². The van der Waals surface area contributed by atoms with Crippen LogP contribution in [0.5, 0.6) is 0 Å². The zero-order chi connectivity index (χ0) is 13.3. The molecule has 0 atom stereocenters. The van der Waals surface area contributed by atoms with Gasteiger partial charge in [-0.3, -0.25) is 0 Å². The van der Waals surface area contributed by atoms with Gasteiger partial charge < -0.3 is 5.73 Å². The van der Waals surface area contributed by atoms with Gasteiger partial charge in [-0.2, -0.15) is 0 Å². The maximum absolute atomic E-state index is 13.1. The van der Waals surface area contributed by atoms with Gasteiger partial charge in [-0.15, -0.1) is 0 Å². The maximum Gasteiger partial charge on any atom is 0.146 e. The van der Waals surface area contributed by atoms with E-state index in [9.17, 15) is 4.39 Å². The van der Waals surface area contributed by atoms with Crippen molar-refractivity contribution in [3.8, 4) is 11.1 Å². The molecule has 0 amide bonds. The van der Waals surface area contributed by atoms with Crippen LogP contribution in [0.2, 0.25) is 0 Å². The van der Waals surface area contributed by atoms with E-state index in [0.717, 1.165) is 11.1 Å². The lowest BCUT2D eigenvalue weighted by Crippen LogP contribution is -2.10. The van der Waals surface area contributed by atoms with E-state index >= 15 is 0 Å². The van der Waals surface area contributed by atoms with Crippen molar-refractivity contribution in [1.82, 2.24) is 0 Å². The molecule has 0 aliphatic rings. The van der Waals surface area contributed by atoms with E-state index in [1.54, 1.807) is 12.1 Å². The second-order valence-corrected chi connectivity index (χ2v) is 5.56. The molecule has 0 unspecified atom stereocenters. The summed E-state index contributed by atoms with van der Waals surface area (Å²) in [6.45, 7) is 6.54. The van der Waals surface area contributed by atoms with E-state index in [2.05, 4.69) is 32.9 Å². The smallest absolute Gasteiger partial charge is 0.146 e. The van der Waals surface area contributed by atoms with Crippen molar-refractivity contribution in [2.24, 2.45) is 0 Å². The summed E-state index contributed by atoms with van der Waals surface area (Å²) >= 11 is 0. The lowest BCUT2D eigenvalue weighted by Gasteiger charge is -2.19. The summed E-state index contributed by atoms with van der Waals surface area (Å²) < 4.78 is 13.1. The molecule has 0 spiro atoms. The lowest BCUT2D eigenvalue weighted by atomic mass is 9.86. The summed E-state index contributed by atoms with van der Waals surface area (Å²) in [6.07, 6.45) is 0. The molecule has 18 heavy (non-hydrogen) atoms. The molecule has 2 rings (SSSR count). The second-order valence-electron chi connectivity index (χ2n) is 5.56. The maximum atomic E-state index is 13.1. The van der Waals surface area contributed by atoms with Gasteiger partial charge in [0.25, 0.3) is 0 Å². The van der Waals surface area contributed by atoms with Crippen molar-refractivity contribution >= 4 is 5.69 Å². The predicted molar refractivity (Wildman–Crippen MR) is 74.9 cm³/mol. The van der Waals surface area contributed by atoms with Crippen LogP contribution in [0.15, 0.2) is 42.5 Å². The van der Waals surface area contributed by atoms with E-state index in [4.69, 9.17) is 5.73 Å². The number of benzene rings is 2. The Morgan fingerprint density at radius 3 is 1.94 bits per heavy atom. The average molecular weight is 243 g/mol. The highest BCUT2D eigenvalue weighted by Crippen LogP contribution is 2.27. The third-order valence-corrected chi connectivity index (χ3v) is 3.08. The summed E-state index contributed by atoms with van der Waals surface area (Å²) in [4.78, 5) is 0. The van der Waals surface area contributed by atoms with Crippen LogP contribution in [-0.2, 0) is 5.41 Å². The largest absolute Gasteiger partial charge is 0.396 e. The number of hydrogen-bond acceptors (Lipinski definition) is 1. The van der Waals surface area contributed by atoms with Gasteiger partial charge in [-0.25, -0.2) is 4.39 Å². The molecule has 0 aromatic heterocycles. The van der Waals surface area contributed by atoms with Crippen molar-refractivity contribution in [2.45, 2.75) is 26.2 Å². The molecule has 0 aliphatic heterocycles. The fourth-order valence-electron chi connectivity index (χ4n) is 1.89. The Balaban J connectivity index is 2.37. The monoisotopic (exact) mass is 243 g/mol. The summed E-state index contributed by atoms with van der Waals surface area (Å²) in [5, 5.41) is 0. The molecule has 0 saturated carbocycles. The van der Waals surface area contributed by atoms with Crippen LogP contribution >= 0.6 is 0 Å². The topological polar surface area (TPSA) is 26.0 Å². The van der Waals surface area contributed by atoms with E-state index in [0.29, 0.717) is 0 Å². The number of nitrogen functional groups attached to an aromatic ring is 1. The van der Waals surface area contributed by atoms with Crippen LogP contribution in [0.3, 0.4) is 0 Å². The first-order chi connectivity index (χ1) is 8.38. The van der Waals surface area contributed by atoms with Gasteiger partial charge in [-0.1, -0.05) is 51.1 Å². The fourth-order valence-corrected chi connectivity index (χ4v) is 1.89. The molecule has 0 bridgehead atoms. The van der Waals surface area contributed by atoms with Gasteiger partial charge in [-0.05, 0) is 34.2 Å². The Morgan fingerprint density at radius 2 is 1.44 bits per heavy atom. The Bertz CT molecular complexity index is 550. The highest BCUT2D eigenvalue weighted by Gasteiger charge is 2.13. The minimum absolute atomic E-state index is 0.139. The minimum atomic E-state index is -0.370. The lowest BCUT2D eigenvalue weighted by molar-refractivity contribution is 0.590. The average Bonchev–Trinajstić information content (AvgIpc) is 2.32. The number of anilines is 1. The van der Waals surface area contributed by atoms with Crippen LogP contribution in [0.1, 0.15) is 26.3 Å². The van der Waals surface area contributed by atoms with Crippen molar-refractivity contribution in [3.05, 3.63) is 53.8 Å². The molecule has 2 aromatic rings. The number of rotatable bonds is 1. The zero-order valence-corrected chi connectivity index (χ0v) is 11.0. The minimum Gasteiger partial charge on any atom is -0.396 e. The Kier molecular flexibility index (Phi) is 3.12. The molecule has 0 radical (unpaired) electrons. The summed E-state index contributed by atoms with van der Waals surface area (Å²) in [5.41, 5.74) is 9.18. The van der Waals surface area contributed by atoms with E-state index < -0.39 is 0 Å². The molecule has 0 heterocycles. The first-order valence-corrected chi connectivity index (χ1v) is 6.04. The SMILES string of the molecule is CC(C)(C)c1ccc(-c2ccc(F)c(N)c2)cc1. The van der Waals surface area contributed by atoms with Crippen molar-refractivity contribution in [3.63, 3.8) is 0 Å². The van der Waals surface area contributed by atoms with Gasteiger partial charge in [0.15, 0.2) is 0 Å². The molecule has 2 aromatic carbocycles. The van der Waals surface area contributed by atoms with Crippen LogP contribution in [0.25, 0.3) is 11.1 Å². The van der Waals surface area contributed by atoms with Gasteiger partial charge in [0.05, 0.1) is 5.69 Å². The van der Waals surface area contributed by atoms with Gasteiger partial charge >= 0.3 is 0 Å². The molecule has 0 saturated heterocycles. The molecule has 2 N–H and O–H groups in total. The standard InChI is InChI=1S/C16H18FN/c1-16(2,3)13-7-4-11(5-8-13)12-6-9-14(17)15(18)10-12/h4-10H,18H2,1-3H3. The van der Waals surface area contributed by atoms with E-state index in [1.165, 1.54) is 11.6 Å². The zero-order valence-electron chi connectivity index (χ0n) is 11.0. The molecular formula is C16H18FN. The van der Waals surface area contributed by atoms with Crippen molar-refractivity contribution in [1.29, 1.82) is 0 Å². The molecule has 0 aliphatic carbocycles. The molecule has 1 nitrogen and oxygen atoms in total. The summed E-state index contributed by atoms with van der Waals surface area (Å²) in [5.74, 6) is -0.370. The third-order valence-electron chi connectivity index (χ3n) is 3.08. The van der Waals surface area contributed by atoms with Gasteiger partial charge in [0, 0.05) is 0 Å². The van der Waals surface area contributed by atoms with Crippen LogP contribution < -0.4 is 5.73 Å². The molecule has 94 valence electrons. The van der Waals surface area contributed by atoms with Gasteiger partial charge in [0.1, 0.15) is 5.82 Å². The predicted octanol–water partition coefficient (Wildman–Crippen LogP) is 4.37. The van der Waals surface area contributed by atoms with Crippen LogP contribution in [0.4, 0.5) is 10.1 Å². The highest BCUT2D eigenvalue weighted by atomic mass is 19.1.